The van der Waals surface area contributed by atoms with E-state index in [4.69, 9.17) is 0 Å². The van der Waals surface area contributed by atoms with E-state index in [0.717, 1.165) is 54.3 Å². The lowest BCUT2D eigenvalue weighted by Gasteiger charge is -2.32. The normalized spacial score (nSPS) is 20.8. The third-order valence-corrected chi connectivity index (χ3v) is 7.25. The number of hydrogen-bond acceptors (Lipinski definition) is 5. The molecule has 2 aliphatic heterocycles. The van der Waals surface area contributed by atoms with Crippen LogP contribution in [0.4, 0.5) is 4.39 Å². The van der Waals surface area contributed by atoms with Crippen molar-refractivity contribution in [2.45, 2.75) is 32.9 Å². The third kappa shape index (κ3) is 7.58. The van der Waals surface area contributed by atoms with Crippen LogP contribution < -0.4 is 10.6 Å². The number of piperazine rings is 1. The van der Waals surface area contributed by atoms with Crippen LogP contribution in [0.15, 0.2) is 70.6 Å². The molecule has 0 atom stereocenters. The first-order valence-electron chi connectivity index (χ1n) is 12.4. The monoisotopic (exact) mass is 512 g/mol. The van der Waals surface area contributed by atoms with E-state index in [1.165, 1.54) is 6.07 Å². The smallest absolute Gasteiger partial charge is 0.256 e. The molecule has 6 nitrogen and oxygen atoms in total. The molecule has 0 radical (unpaired) electrons. The highest BCUT2D eigenvalue weighted by Gasteiger charge is 2.27. The molecule has 1 aromatic rings. The fraction of sp³-hybridized carbons (Fsp3) is 0.429. The molecule has 0 aliphatic carbocycles. The molecule has 2 amide bonds. The van der Waals surface area contributed by atoms with Crippen LogP contribution in [0.1, 0.15) is 32.8 Å². The first kappa shape index (κ1) is 27.7. The van der Waals surface area contributed by atoms with Gasteiger partial charge < -0.3 is 20.4 Å². The van der Waals surface area contributed by atoms with Crippen LogP contribution in [0.5, 0.6) is 0 Å². The molecular weight excluding hydrogens is 475 g/mol. The second-order valence-electron chi connectivity index (χ2n) is 9.06. The molecule has 0 spiro atoms. The van der Waals surface area contributed by atoms with Gasteiger partial charge in [-0.2, -0.15) is 11.8 Å². The molecule has 36 heavy (non-hydrogen) atoms. The van der Waals surface area contributed by atoms with Gasteiger partial charge in [-0.15, -0.1) is 0 Å². The van der Waals surface area contributed by atoms with E-state index in [-0.39, 0.29) is 17.6 Å². The molecule has 0 saturated carbocycles. The molecule has 8 heteroatoms. The van der Waals surface area contributed by atoms with Crippen molar-refractivity contribution < 1.29 is 14.0 Å². The van der Waals surface area contributed by atoms with Crippen LogP contribution >= 0.6 is 11.8 Å². The summed E-state index contributed by atoms with van der Waals surface area (Å²) in [5.74, 6) is 1.09. The molecule has 3 rings (SSSR count). The van der Waals surface area contributed by atoms with Gasteiger partial charge in [-0.1, -0.05) is 24.3 Å². The Bertz CT molecular complexity index is 1080. The van der Waals surface area contributed by atoms with Gasteiger partial charge >= 0.3 is 0 Å². The molecule has 1 aromatic carbocycles. The van der Waals surface area contributed by atoms with Crippen molar-refractivity contribution in [2.24, 2.45) is 0 Å². The number of allylic oxidation sites excluding steroid dienone is 3. The third-order valence-electron chi connectivity index (χ3n) is 6.31. The number of hydrogen-bond donors (Lipinski definition) is 2. The number of rotatable bonds is 9. The SMILES string of the molecule is C/C=C1/NC(=O)C(=C\C(NCC)=C(/C)CC(=O)N2CCN(C)CC2)/C1=C/CSCc1cccc(F)c1. The van der Waals surface area contributed by atoms with Gasteiger partial charge in [-0.05, 0) is 57.2 Å². The van der Waals surface area contributed by atoms with Gasteiger partial charge in [0, 0.05) is 67.6 Å². The number of amides is 2. The van der Waals surface area contributed by atoms with Gasteiger partial charge in [-0.25, -0.2) is 4.39 Å². The summed E-state index contributed by atoms with van der Waals surface area (Å²) in [5.41, 5.74) is 4.86. The minimum Gasteiger partial charge on any atom is -0.385 e. The van der Waals surface area contributed by atoms with Crippen LogP contribution in [0, 0.1) is 5.82 Å². The maximum absolute atomic E-state index is 13.4. The summed E-state index contributed by atoms with van der Waals surface area (Å²) in [6.07, 6.45) is 6.11. The fourth-order valence-corrected chi connectivity index (χ4v) is 5.03. The molecule has 0 unspecified atom stereocenters. The average Bonchev–Trinajstić information content (AvgIpc) is 3.16. The summed E-state index contributed by atoms with van der Waals surface area (Å²) < 4.78 is 13.4. The molecule has 194 valence electrons. The maximum Gasteiger partial charge on any atom is 0.256 e. The molecule has 2 N–H and O–H groups in total. The minimum atomic E-state index is -0.234. The van der Waals surface area contributed by atoms with Crippen molar-refractivity contribution >= 4 is 23.6 Å². The zero-order valence-corrected chi connectivity index (χ0v) is 22.5. The van der Waals surface area contributed by atoms with Gasteiger partial charge in [0.05, 0.1) is 5.57 Å². The molecule has 2 saturated heterocycles. The van der Waals surface area contributed by atoms with Gasteiger partial charge in [0.2, 0.25) is 5.91 Å². The molecule has 2 fully saturated rings. The lowest BCUT2D eigenvalue weighted by Crippen LogP contribution is -2.47. The Morgan fingerprint density at radius 3 is 2.64 bits per heavy atom. The highest BCUT2D eigenvalue weighted by molar-refractivity contribution is 7.98. The first-order valence-corrected chi connectivity index (χ1v) is 13.6. The van der Waals surface area contributed by atoms with Crippen LogP contribution in [0.2, 0.25) is 0 Å². The number of carbonyl (C=O) groups is 2. The lowest BCUT2D eigenvalue weighted by molar-refractivity contribution is -0.132. The molecule has 0 bridgehead atoms. The van der Waals surface area contributed by atoms with Crippen molar-refractivity contribution in [3.05, 3.63) is 82.0 Å². The Morgan fingerprint density at radius 2 is 1.97 bits per heavy atom. The Morgan fingerprint density at radius 1 is 1.22 bits per heavy atom. The average molecular weight is 513 g/mol. The van der Waals surface area contributed by atoms with E-state index >= 15 is 0 Å². The van der Waals surface area contributed by atoms with E-state index in [1.807, 2.05) is 50.0 Å². The Balaban J connectivity index is 1.77. The quantitative estimate of drug-likeness (QED) is 0.387. The van der Waals surface area contributed by atoms with Crippen LogP contribution in [-0.2, 0) is 15.3 Å². The van der Waals surface area contributed by atoms with Crippen molar-refractivity contribution in [1.29, 1.82) is 0 Å². The second-order valence-corrected chi connectivity index (χ2v) is 10.1. The molecular formula is C28H37FN4O2S. The van der Waals surface area contributed by atoms with Gasteiger partial charge in [-0.3, -0.25) is 9.59 Å². The standard InChI is InChI=1S/C28H37FN4O2S/c1-5-25-23(10-15-36-19-21-8-7-9-22(29)17-21)24(28(35)31-25)18-26(30-6-2)20(3)16-27(34)33-13-11-32(4)12-14-33/h5,7-10,17-18,30H,6,11-16,19H2,1-4H3,(H,31,35)/b23-10-,24-18-,25-5+,26-20-. The second kappa shape index (κ2) is 13.5. The predicted molar refractivity (Wildman–Crippen MR) is 146 cm³/mol. The minimum absolute atomic E-state index is 0.115. The Kier molecular flexibility index (Phi) is 10.4. The topological polar surface area (TPSA) is 64.7 Å². The van der Waals surface area contributed by atoms with Crippen LogP contribution in [0.3, 0.4) is 0 Å². The number of carbonyl (C=O) groups excluding carboxylic acids is 2. The maximum atomic E-state index is 13.4. The summed E-state index contributed by atoms with van der Waals surface area (Å²) in [7, 11) is 2.07. The number of thioether (sulfide) groups is 1. The summed E-state index contributed by atoms with van der Waals surface area (Å²) >= 11 is 1.66. The summed E-state index contributed by atoms with van der Waals surface area (Å²) in [4.78, 5) is 29.9. The highest BCUT2D eigenvalue weighted by atomic mass is 32.2. The fourth-order valence-electron chi connectivity index (χ4n) is 4.21. The molecule has 2 aliphatic rings. The van der Waals surface area contributed by atoms with E-state index in [2.05, 4.69) is 22.6 Å². The first-order chi connectivity index (χ1) is 17.3. The van der Waals surface area contributed by atoms with E-state index in [1.54, 1.807) is 23.9 Å². The largest absolute Gasteiger partial charge is 0.385 e. The number of halogens is 1. The number of likely N-dealkylation sites (N-methyl/N-ethyl adjacent to an activating group) is 2. The van der Waals surface area contributed by atoms with Crippen LogP contribution in [0.25, 0.3) is 0 Å². The van der Waals surface area contributed by atoms with E-state index in [9.17, 15) is 14.0 Å². The van der Waals surface area contributed by atoms with Crippen LogP contribution in [-0.4, -0.2) is 67.1 Å². The highest BCUT2D eigenvalue weighted by Crippen LogP contribution is 2.28. The summed E-state index contributed by atoms with van der Waals surface area (Å²) in [6, 6.07) is 6.61. The van der Waals surface area contributed by atoms with E-state index < -0.39 is 0 Å². The Labute approximate surface area is 218 Å². The predicted octanol–water partition coefficient (Wildman–Crippen LogP) is 3.99. The van der Waals surface area contributed by atoms with Gasteiger partial charge in [0.1, 0.15) is 5.82 Å². The zero-order valence-electron chi connectivity index (χ0n) is 21.7. The summed E-state index contributed by atoms with van der Waals surface area (Å²) in [6.45, 7) is 9.78. The molecule has 2 heterocycles. The van der Waals surface area contributed by atoms with Crippen molar-refractivity contribution in [2.75, 3.05) is 45.5 Å². The number of nitrogens with zero attached hydrogens (tertiary/aromatic N) is 2. The van der Waals surface area contributed by atoms with E-state index in [0.29, 0.717) is 30.0 Å². The Hall–Kier alpha value is -2.84. The zero-order chi connectivity index (χ0) is 26.1. The molecule has 0 aromatic heterocycles. The summed E-state index contributed by atoms with van der Waals surface area (Å²) in [5, 5.41) is 6.30. The number of nitrogens with one attached hydrogen (secondary N) is 2. The van der Waals surface area contributed by atoms with Crippen molar-refractivity contribution in [3.8, 4) is 0 Å². The lowest BCUT2D eigenvalue weighted by atomic mass is 10.0. The number of benzene rings is 1. The van der Waals surface area contributed by atoms with Crippen molar-refractivity contribution in [1.82, 2.24) is 20.4 Å². The van der Waals surface area contributed by atoms with Gasteiger partial charge in [0.25, 0.3) is 5.91 Å². The van der Waals surface area contributed by atoms with Gasteiger partial charge in [0.15, 0.2) is 0 Å². The van der Waals surface area contributed by atoms with Crippen molar-refractivity contribution in [3.63, 3.8) is 0 Å².